The molecule has 1 aliphatic rings. The van der Waals surface area contributed by atoms with Crippen LogP contribution in [0, 0.1) is 5.92 Å². The second kappa shape index (κ2) is 9.35. The number of sulfonamides is 2. The number of rotatable bonds is 7. The molecule has 0 bridgehead atoms. The lowest BCUT2D eigenvalue weighted by Gasteiger charge is -2.30. The molecule has 1 fully saturated rings. The van der Waals surface area contributed by atoms with Crippen LogP contribution in [0.15, 0.2) is 58.3 Å². The maximum atomic E-state index is 12.8. The monoisotopic (exact) mass is 467 g/mol. The number of carbonyl (C=O) groups is 1. The highest BCUT2D eigenvalue weighted by atomic mass is 32.2. The van der Waals surface area contributed by atoms with E-state index in [-0.39, 0.29) is 41.3 Å². The van der Waals surface area contributed by atoms with Crippen molar-refractivity contribution < 1.29 is 26.4 Å². The van der Waals surface area contributed by atoms with Crippen LogP contribution in [0.4, 0.5) is 0 Å². The van der Waals surface area contributed by atoms with E-state index in [1.807, 2.05) is 0 Å². The molecule has 9 nitrogen and oxygen atoms in total. The third-order valence-electron chi connectivity index (χ3n) is 5.24. The second-order valence-electron chi connectivity index (χ2n) is 7.26. The van der Waals surface area contributed by atoms with Crippen molar-refractivity contribution in [3.8, 4) is 5.75 Å². The lowest BCUT2D eigenvalue weighted by atomic mass is 9.97. The topological polar surface area (TPSA) is 136 Å². The standard InChI is InChI=1S/C20H25N3O6S2/c1-29-17-4-8-19(9-5-17)31(27,28)23-12-10-16(11-13-23)20(24)22-14-15-2-6-18(7-3-15)30(21,25)26/h2-9,16H,10-14H2,1H3,(H,22,24)(H2,21,25,26). The maximum Gasteiger partial charge on any atom is 0.243 e. The molecular weight excluding hydrogens is 442 g/mol. The number of carbonyl (C=O) groups excluding carboxylic acids is 1. The fourth-order valence-corrected chi connectivity index (χ4v) is 5.37. The highest BCUT2D eigenvalue weighted by molar-refractivity contribution is 7.89. The molecule has 1 aliphatic heterocycles. The first-order valence-electron chi connectivity index (χ1n) is 9.65. The third kappa shape index (κ3) is 5.62. The second-order valence-corrected chi connectivity index (χ2v) is 10.8. The van der Waals surface area contributed by atoms with Crippen LogP contribution in [0.3, 0.4) is 0 Å². The number of nitrogens with one attached hydrogen (secondary N) is 1. The van der Waals surface area contributed by atoms with Crippen LogP contribution in [0.5, 0.6) is 5.75 Å². The van der Waals surface area contributed by atoms with Crippen LogP contribution in [0.25, 0.3) is 0 Å². The molecule has 1 saturated heterocycles. The van der Waals surface area contributed by atoms with Crippen LogP contribution >= 0.6 is 0 Å². The number of benzene rings is 2. The Kier molecular flexibility index (Phi) is 6.99. The predicted octanol–water partition coefficient (Wildman–Crippen LogP) is 1.06. The smallest absolute Gasteiger partial charge is 0.243 e. The van der Waals surface area contributed by atoms with Crippen LogP contribution in [0.2, 0.25) is 0 Å². The minimum absolute atomic E-state index is 0.00742. The lowest BCUT2D eigenvalue weighted by Crippen LogP contribution is -2.42. The van der Waals surface area contributed by atoms with Gasteiger partial charge in [0, 0.05) is 25.6 Å². The van der Waals surface area contributed by atoms with Crippen LogP contribution < -0.4 is 15.2 Å². The predicted molar refractivity (Wildman–Crippen MR) is 114 cm³/mol. The van der Waals surface area contributed by atoms with E-state index in [4.69, 9.17) is 9.88 Å². The van der Waals surface area contributed by atoms with Gasteiger partial charge in [0.05, 0.1) is 16.9 Å². The van der Waals surface area contributed by atoms with Gasteiger partial charge in [0.25, 0.3) is 0 Å². The lowest BCUT2D eigenvalue weighted by molar-refractivity contribution is -0.126. The molecule has 0 aromatic heterocycles. The zero-order valence-corrected chi connectivity index (χ0v) is 18.7. The van der Waals surface area contributed by atoms with Gasteiger partial charge in [-0.2, -0.15) is 4.31 Å². The maximum absolute atomic E-state index is 12.8. The molecule has 3 N–H and O–H groups in total. The molecular formula is C20H25N3O6S2. The van der Waals surface area contributed by atoms with E-state index in [1.165, 1.54) is 35.7 Å². The highest BCUT2D eigenvalue weighted by Crippen LogP contribution is 2.25. The number of hydrogen-bond donors (Lipinski definition) is 2. The minimum Gasteiger partial charge on any atom is -0.497 e. The summed E-state index contributed by atoms with van der Waals surface area (Å²) in [4.78, 5) is 12.7. The summed E-state index contributed by atoms with van der Waals surface area (Å²) in [5, 5.41) is 7.89. The summed E-state index contributed by atoms with van der Waals surface area (Å²) in [6, 6.07) is 12.2. The third-order valence-corrected chi connectivity index (χ3v) is 8.08. The molecule has 1 heterocycles. The van der Waals surface area contributed by atoms with Gasteiger partial charge in [0.2, 0.25) is 26.0 Å². The van der Waals surface area contributed by atoms with E-state index < -0.39 is 20.0 Å². The molecule has 0 saturated carbocycles. The van der Waals surface area contributed by atoms with E-state index in [0.29, 0.717) is 18.6 Å². The first-order valence-corrected chi connectivity index (χ1v) is 12.6. The Morgan fingerprint density at radius 3 is 2.06 bits per heavy atom. The largest absolute Gasteiger partial charge is 0.497 e. The zero-order valence-electron chi connectivity index (χ0n) is 17.0. The van der Waals surface area contributed by atoms with E-state index in [0.717, 1.165) is 5.56 Å². The Labute approximate surface area is 182 Å². The van der Waals surface area contributed by atoms with Gasteiger partial charge in [-0.15, -0.1) is 0 Å². The van der Waals surface area contributed by atoms with Crippen molar-refractivity contribution in [1.29, 1.82) is 0 Å². The summed E-state index contributed by atoms with van der Waals surface area (Å²) in [5.74, 6) is 0.136. The molecule has 31 heavy (non-hydrogen) atoms. The number of primary sulfonamides is 1. The van der Waals surface area contributed by atoms with Gasteiger partial charge in [-0.3, -0.25) is 4.79 Å². The normalized spacial score (nSPS) is 16.1. The first kappa shape index (κ1) is 23.2. The zero-order chi connectivity index (χ0) is 22.6. The Morgan fingerprint density at radius 2 is 1.55 bits per heavy atom. The summed E-state index contributed by atoms with van der Waals surface area (Å²) >= 11 is 0. The SMILES string of the molecule is COc1ccc(S(=O)(=O)N2CCC(C(=O)NCc3ccc(S(N)(=O)=O)cc3)CC2)cc1. The molecule has 2 aromatic carbocycles. The van der Waals surface area contributed by atoms with Crippen molar-refractivity contribution in [2.75, 3.05) is 20.2 Å². The summed E-state index contributed by atoms with van der Waals surface area (Å²) < 4.78 is 54.6. The van der Waals surface area contributed by atoms with Gasteiger partial charge in [-0.1, -0.05) is 12.1 Å². The number of nitrogens with two attached hydrogens (primary N) is 1. The molecule has 11 heteroatoms. The van der Waals surface area contributed by atoms with Crippen LogP contribution in [-0.2, 0) is 31.4 Å². The number of hydrogen-bond acceptors (Lipinski definition) is 6. The Hall–Kier alpha value is -2.47. The molecule has 0 unspecified atom stereocenters. The minimum atomic E-state index is -3.76. The molecule has 0 radical (unpaired) electrons. The average Bonchev–Trinajstić information content (AvgIpc) is 2.77. The number of nitrogens with zero attached hydrogens (tertiary/aromatic N) is 1. The van der Waals surface area contributed by atoms with Crippen molar-refractivity contribution >= 4 is 26.0 Å². The molecule has 3 rings (SSSR count). The van der Waals surface area contributed by atoms with Crippen molar-refractivity contribution in [3.63, 3.8) is 0 Å². The molecule has 0 spiro atoms. The van der Waals surface area contributed by atoms with E-state index in [2.05, 4.69) is 5.32 Å². The quantitative estimate of drug-likeness (QED) is 0.625. The van der Waals surface area contributed by atoms with Gasteiger partial charge in [-0.25, -0.2) is 22.0 Å². The molecule has 1 amide bonds. The number of methoxy groups -OCH3 is 1. The van der Waals surface area contributed by atoms with Gasteiger partial charge in [-0.05, 0) is 54.8 Å². The number of amides is 1. The van der Waals surface area contributed by atoms with Crippen molar-refractivity contribution in [2.45, 2.75) is 29.2 Å². The highest BCUT2D eigenvalue weighted by Gasteiger charge is 2.32. The summed E-state index contributed by atoms with van der Waals surface area (Å²) in [6.07, 6.45) is 0.844. The van der Waals surface area contributed by atoms with E-state index in [1.54, 1.807) is 24.3 Å². The van der Waals surface area contributed by atoms with Gasteiger partial charge in [0.1, 0.15) is 5.75 Å². The van der Waals surface area contributed by atoms with E-state index >= 15 is 0 Å². The number of piperidine rings is 1. The molecule has 0 aliphatic carbocycles. The fraction of sp³-hybridized carbons (Fsp3) is 0.350. The van der Waals surface area contributed by atoms with Gasteiger partial charge >= 0.3 is 0 Å². The Bertz CT molecular complexity index is 1120. The van der Waals surface area contributed by atoms with E-state index in [9.17, 15) is 21.6 Å². The fourth-order valence-electron chi connectivity index (χ4n) is 3.39. The van der Waals surface area contributed by atoms with Crippen molar-refractivity contribution in [3.05, 3.63) is 54.1 Å². The first-order chi connectivity index (χ1) is 14.6. The van der Waals surface area contributed by atoms with Gasteiger partial charge < -0.3 is 10.1 Å². The Morgan fingerprint density at radius 1 is 1.00 bits per heavy atom. The van der Waals surface area contributed by atoms with Crippen molar-refractivity contribution in [1.82, 2.24) is 9.62 Å². The summed E-state index contributed by atoms with van der Waals surface area (Å²) in [6.45, 7) is 0.763. The summed E-state index contributed by atoms with van der Waals surface area (Å²) in [5.41, 5.74) is 0.736. The average molecular weight is 468 g/mol. The molecule has 0 atom stereocenters. The van der Waals surface area contributed by atoms with Crippen molar-refractivity contribution in [2.24, 2.45) is 11.1 Å². The number of ether oxygens (including phenoxy) is 1. The Balaban J connectivity index is 1.53. The molecule has 2 aromatic rings. The van der Waals surface area contributed by atoms with Gasteiger partial charge in [0.15, 0.2) is 0 Å². The molecule has 168 valence electrons. The summed E-state index contributed by atoms with van der Waals surface area (Å²) in [7, 11) is -5.86. The van der Waals surface area contributed by atoms with Crippen LogP contribution in [0.1, 0.15) is 18.4 Å². The van der Waals surface area contributed by atoms with Crippen LogP contribution in [-0.4, -0.2) is 47.2 Å².